The van der Waals surface area contributed by atoms with Crippen LogP contribution in [0.1, 0.15) is 53.4 Å². The summed E-state index contributed by atoms with van der Waals surface area (Å²) in [6.45, 7) is 10.5. The zero-order valence-corrected chi connectivity index (χ0v) is 10.7. The Morgan fingerprint density at radius 2 is 1.80 bits per heavy atom. The van der Waals surface area contributed by atoms with Crippen molar-refractivity contribution in [1.82, 2.24) is 4.90 Å². The van der Waals surface area contributed by atoms with Gasteiger partial charge in [-0.3, -0.25) is 9.69 Å². The summed E-state index contributed by atoms with van der Waals surface area (Å²) in [6.07, 6.45) is 4.77. The first-order chi connectivity index (χ1) is 6.99. The second-order valence-electron chi connectivity index (χ2n) is 5.37. The predicted octanol–water partition coefficient (Wildman–Crippen LogP) is 2.87. The molecule has 1 fully saturated rings. The molecule has 0 saturated carbocycles. The third-order valence-corrected chi connectivity index (χ3v) is 3.87. The van der Waals surface area contributed by atoms with Gasteiger partial charge in [-0.15, -0.1) is 0 Å². The predicted molar refractivity (Wildman–Crippen MR) is 64.0 cm³/mol. The number of piperidine rings is 1. The molecule has 0 N–H and O–H groups in total. The Labute approximate surface area is 94.0 Å². The van der Waals surface area contributed by atoms with Crippen molar-refractivity contribution in [3.8, 4) is 0 Å². The van der Waals surface area contributed by atoms with Crippen molar-refractivity contribution >= 4 is 5.78 Å². The number of Topliss-reactive ketones (excluding diaryl/α,β-unsaturated/α-hetero) is 1. The average Bonchev–Trinajstić information content (AvgIpc) is 2.28. The molecule has 88 valence electrons. The van der Waals surface area contributed by atoms with Gasteiger partial charge in [-0.1, -0.05) is 27.2 Å². The first kappa shape index (κ1) is 12.7. The van der Waals surface area contributed by atoms with E-state index in [1.54, 1.807) is 0 Å². The zero-order valence-electron chi connectivity index (χ0n) is 10.7. The Kier molecular flexibility index (Phi) is 4.32. The summed E-state index contributed by atoms with van der Waals surface area (Å²) in [6, 6.07) is 0.111. The molecule has 0 amide bonds. The third kappa shape index (κ3) is 3.04. The number of carbonyl (C=O) groups is 1. The maximum Gasteiger partial charge on any atom is 0.155 e. The van der Waals surface area contributed by atoms with Gasteiger partial charge in [-0.2, -0.15) is 0 Å². The van der Waals surface area contributed by atoms with E-state index in [-0.39, 0.29) is 11.5 Å². The van der Waals surface area contributed by atoms with Gasteiger partial charge in [0.25, 0.3) is 0 Å². The van der Waals surface area contributed by atoms with E-state index in [9.17, 15) is 4.79 Å². The monoisotopic (exact) mass is 211 g/mol. The van der Waals surface area contributed by atoms with Crippen molar-refractivity contribution in [2.24, 2.45) is 5.41 Å². The van der Waals surface area contributed by atoms with Gasteiger partial charge in [0.15, 0.2) is 5.78 Å². The maximum absolute atomic E-state index is 12.3. The topological polar surface area (TPSA) is 20.3 Å². The van der Waals surface area contributed by atoms with Crippen LogP contribution in [0.4, 0.5) is 0 Å². The molecule has 0 aliphatic carbocycles. The fourth-order valence-corrected chi connectivity index (χ4v) is 2.21. The van der Waals surface area contributed by atoms with E-state index in [0.29, 0.717) is 5.78 Å². The minimum atomic E-state index is -0.156. The molecule has 1 rings (SSSR count). The number of ketones is 1. The fraction of sp³-hybridized carbons (Fsp3) is 0.923. The van der Waals surface area contributed by atoms with E-state index in [1.165, 1.54) is 19.3 Å². The molecule has 2 heteroatoms. The first-order valence-corrected chi connectivity index (χ1v) is 6.27. The van der Waals surface area contributed by atoms with Crippen LogP contribution in [0.15, 0.2) is 0 Å². The van der Waals surface area contributed by atoms with Crippen molar-refractivity contribution < 1.29 is 4.79 Å². The number of carbonyl (C=O) groups excluding carboxylic acids is 1. The van der Waals surface area contributed by atoms with Crippen LogP contribution in [0.2, 0.25) is 0 Å². The Hall–Kier alpha value is -0.370. The minimum absolute atomic E-state index is 0.111. The molecule has 0 aromatic rings. The lowest BCUT2D eigenvalue weighted by molar-refractivity contribution is -0.132. The Bertz CT molecular complexity index is 217. The summed E-state index contributed by atoms with van der Waals surface area (Å²) in [5.74, 6) is 0.409. The van der Waals surface area contributed by atoms with E-state index in [4.69, 9.17) is 0 Å². The molecular weight excluding hydrogens is 186 g/mol. The first-order valence-electron chi connectivity index (χ1n) is 6.27. The normalized spacial score (nSPS) is 21.3. The van der Waals surface area contributed by atoms with Crippen LogP contribution >= 0.6 is 0 Å². The highest BCUT2D eigenvalue weighted by Crippen LogP contribution is 2.25. The smallest absolute Gasteiger partial charge is 0.155 e. The van der Waals surface area contributed by atoms with Gasteiger partial charge < -0.3 is 0 Å². The van der Waals surface area contributed by atoms with E-state index in [2.05, 4.69) is 32.6 Å². The van der Waals surface area contributed by atoms with E-state index in [1.807, 2.05) is 0 Å². The van der Waals surface area contributed by atoms with Crippen molar-refractivity contribution in [2.45, 2.75) is 59.4 Å². The second-order valence-corrected chi connectivity index (χ2v) is 5.37. The molecule has 0 aromatic carbocycles. The Morgan fingerprint density at radius 1 is 1.27 bits per heavy atom. The molecule has 2 nitrogen and oxygen atoms in total. The fourth-order valence-electron chi connectivity index (χ4n) is 2.21. The minimum Gasteiger partial charge on any atom is -0.297 e. The zero-order chi connectivity index (χ0) is 11.5. The third-order valence-electron chi connectivity index (χ3n) is 3.87. The molecule has 0 spiro atoms. The number of hydrogen-bond donors (Lipinski definition) is 0. The van der Waals surface area contributed by atoms with Crippen LogP contribution in [0.3, 0.4) is 0 Å². The largest absolute Gasteiger partial charge is 0.297 e. The van der Waals surface area contributed by atoms with Gasteiger partial charge in [0.2, 0.25) is 0 Å². The molecule has 1 atom stereocenters. The molecular formula is C13H25NO. The molecule has 1 aliphatic heterocycles. The number of likely N-dealkylation sites (tertiary alicyclic amines) is 1. The van der Waals surface area contributed by atoms with Gasteiger partial charge in [0, 0.05) is 5.41 Å². The van der Waals surface area contributed by atoms with E-state index >= 15 is 0 Å². The highest BCUT2D eigenvalue weighted by molar-refractivity contribution is 5.88. The summed E-state index contributed by atoms with van der Waals surface area (Å²) in [4.78, 5) is 14.6. The molecule has 1 unspecified atom stereocenters. The molecule has 1 aliphatic rings. The van der Waals surface area contributed by atoms with E-state index in [0.717, 1.165) is 19.5 Å². The maximum atomic E-state index is 12.3. The summed E-state index contributed by atoms with van der Waals surface area (Å²) >= 11 is 0. The summed E-state index contributed by atoms with van der Waals surface area (Å²) < 4.78 is 0. The number of hydrogen-bond acceptors (Lipinski definition) is 2. The summed E-state index contributed by atoms with van der Waals surface area (Å²) in [5.41, 5.74) is -0.156. The molecule has 1 heterocycles. The van der Waals surface area contributed by atoms with Gasteiger partial charge in [-0.05, 0) is 39.3 Å². The lowest BCUT2D eigenvalue weighted by Crippen LogP contribution is -2.46. The highest BCUT2D eigenvalue weighted by atomic mass is 16.1. The Morgan fingerprint density at radius 3 is 2.27 bits per heavy atom. The molecule has 15 heavy (non-hydrogen) atoms. The average molecular weight is 211 g/mol. The summed E-state index contributed by atoms with van der Waals surface area (Å²) in [7, 11) is 0. The molecule has 1 saturated heterocycles. The lowest BCUT2D eigenvalue weighted by Gasteiger charge is -2.35. The van der Waals surface area contributed by atoms with Gasteiger partial charge in [0.1, 0.15) is 0 Å². The van der Waals surface area contributed by atoms with E-state index < -0.39 is 0 Å². The Balaban J connectivity index is 2.58. The van der Waals surface area contributed by atoms with Crippen molar-refractivity contribution in [3.05, 3.63) is 0 Å². The van der Waals surface area contributed by atoms with Gasteiger partial charge >= 0.3 is 0 Å². The lowest BCUT2D eigenvalue weighted by atomic mass is 9.81. The SMILES string of the molecule is CCC(C)(C)C(=O)C(C)N1CCCCC1. The van der Waals surface area contributed by atoms with Crippen LogP contribution in [0.5, 0.6) is 0 Å². The van der Waals surface area contributed by atoms with Gasteiger partial charge in [-0.25, -0.2) is 0 Å². The van der Waals surface area contributed by atoms with Crippen molar-refractivity contribution in [1.29, 1.82) is 0 Å². The molecule has 0 aromatic heterocycles. The van der Waals surface area contributed by atoms with Gasteiger partial charge in [0.05, 0.1) is 6.04 Å². The highest BCUT2D eigenvalue weighted by Gasteiger charge is 2.32. The van der Waals surface area contributed by atoms with Crippen LogP contribution in [0.25, 0.3) is 0 Å². The van der Waals surface area contributed by atoms with Crippen molar-refractivity contribution in [2.75, 3.05) is 13.1 Å². The standard InChI is InChI=1S/C13H25NO/c1-5-13(3,4)12(15)11(2)14-9-7-6-8-10-14/h11H,5-10H2,1-4H3. The van der Waals surface area contributed by atoms with Crippen LogP contribution < -0.4 is 0 Å². The molecule has 0 radical (unpaired) electrons. The van der Waals surface area contributed by atoms with Crippen LogP contribution in [-0.4, -0.2) is 29.8 Å². The number of rotatable bonds is 4. The second kappa shape index (κ2) is 5.11. The number of nitrogens with zero attached hydrogens (tertiary/aromatic N) is 1. The van der Waals surface area contributed by atoms with Crippen LogP contribution in [0, 0.1) is 5.41 Å². The summed E-state index contributed by atoms with van der Waals surface area (Å²) in [5, 5.41) is 0. The quantitative estimate of drug-likeness (QED) is 0.712. The molecule has 0 bridgehead atoms. The van der Waals surface area contributed by atoms with Crippen LogP contribution in [-0.2, 0) is 4.79 Å². The van der Waals surface area contributed by atoms with Crippen molar-refractivity contribution in [3.63, 3.8) is 0 Å².